The van der Waals surface area contributed by atoms with Gasteiger partial charge in [-0.3, -0.25) is 0 Å². The van der Waals surface area contributed by atoms with Crippen molar-refractivity contribution in [1.29, 1.82) is 0 Å². The molecule has 0 bridgehead atoms. The average Bonchev–Trinajstić information content (AvgIpc) is 3.01. The summed E-state index contributed by atoms with van der Waals surface area (Å²) < 4.78 is 22.7. The molecule has 0 radical (unpaired) electrons. The molecule has 3 rings (SSSR count). The van der Waals surface area contributed by atoms with Gasteiger partial charge in [-0.15, -0.1) is 0 Å². The van der Waals surface area contributed by atoms with Crippen LogP contribution in [0.5, 0.6) is 0 Å². The van der Waals surface area contributed by atoms with Gasteiger partial charge in [0.15, 0.2) is 17.7 Å². The first-order chi connectivity index (χ1) is 10.9. The van der Waals surface area contributed by atoms with E-state index in [-0.39, 0.29) is 6.10 Å². The predicted molar refractivity (Wildman–Crippen MR) is 84.8 cm³/mol. The molecule has 0 N–H and O–H groups in total. The van der Waals surface area contributed by atoms with Gasteiger partial charge >= 0.3 is 5.97 Å². The molecule has 1 fully saturated rings. The van der Waals surface area contributed by atoms with Gasteiger partial charge < -0.3 is 18.9 Å². The minimum atomic E-state index is -0.697. The Morgan fingerprint density at radius 1 is 1.30 bits per heavy atom. The first kappa shape index (κ1) is 16.3. The summed E-state index contributed by atoms with van der Waals surface area (Å²) in [4.78, 5) is 12.4. The average molecular weight is 339 g/mol. The van der Waals surface area contributed by atoms with E-state index < -0.39 is 17.9 Å². The molecular weight excluding hydrogens is 320 g/mol. The van der Waals surface area contributed by atoms with Gasteiger partial charge in [0.05, 0.1) is 13.2 Å². The number of cyclic esters (lactones) is 1. The third-order valence-corrected chi connectivity index (χ3v) is 4.00. The maximum atomic E-state index is 12.4. The molecule has 6 heteroatoms. The maximum Gasteiger partial charge on any atom is 0.343 e. The van der Waals surface area contributed by atoms with Gasteiger partial charge in [-0.1, -0.05) is 23.7 Å². The lowest BCUT2D eigenvalue weighted by Gasteiger charge is -2.22. The van der Waals surface area contributed by atoms with E-state index >= 15 is 0 Å². The van der Waals surface area contributed by atoms with E-state index in [0.717, 1.165) is 0 Å². The molecule has 2 atom stereocenters. The zero-order valence-corrected chi connectivity index (χ0v) is 14.1. The first-order valence-electron chi connectivity index (χ1n) is 7.57. The topological polar surface area (TPSA) is 54.0 Å². The van der Waals surface area contributed by atoms with Gasteiger partial charge in [0.25, 0.3) is 0 Å². The third-order valence-electron chi connectivity index (χ3n) is 3.74. The van der Waals surface area contributed by atoms with Crippen molar-refractivity contribution in [2.45, 2.75) is 38.8 Å². The van der Waals surface area contributed by atoms with Crippen molar-refractivity contribution in [3.8, 4) is 0 Å². The second-order valence-electron chi connectivity index (χ2n) is 5.87. The Morgan fingerprint density at radius 3 is 2.57 bits per heavy atom. The maximum absolute atomic E-state index is 12.4. The number of carbonyl (C=O) groups is 1. The number of benzene rings is 1. The monoisotopic (exact) mass is 338 g/mol. The fourth-order valence-electron chi connectivity index (χ4n) is 2.77. The fraction of sp³-hybridized carbons (Fsp3) is 0.471. The second-order valence-corrected chi connectivity index (χ2v) is 6.31. The Bertz CT molecular complexity index is 635. The molecule has 23 heavy (non-hydrogen) atoms. The number of hydrogen-bond acceptors (Lipinski definition) is 5. The van der Waals surface area contributed by atoms with Crippen LogP contribution in [0, 0.1) is 0 Å². The van der Waals surface area contributed by atoms with Crippen molar-refractivity contribution < 1.29 is 23.7 Å². The Balaban J connectivity index is 1.96. The van der Waals surface area contributed by atoms with Gasteiger partial charge in [0.1, 0.15) is 11.7 Å². The lowest BCUT2D eigenvalue weighted by Crippen LogP contribution is -2.33. The molecular formula is C17H19ClO5. The summed E-state index contributed by atoms with van der Waals surface area (Å²) in [5.41, 5.74) is 1.13. The lowest BCUT2D eigenvalue weighted by molar-refractivity contribution is -0.162. The van der Waals surface area contributed by atoms with E-state index in [2.05, 4.69) is 0 Å². The van der Waals surface area contributed by atoms with Crippen molar-refractivity contribution in [2.75, 3.05) is 13.2 Å². The summed E-state index contributed by atoms with van der Waals surface area (Å²) in [6, 6.07) is 7.01. The molecule has 0 aliphatic carbocycles. The zero-order chi connectivity index (χ0) is 16.6. The van der Waals surface area contributed by atoms with Crippen molar-refractivity contribution in [3.05, 3.63) is 40.6 Å². The van der Waals surface area contributed by atoms with Crippen molar-refractivity contribution in [3.63, 3.8) is 0 Å². The highest BCUT2D eigenvalue weighted by Gasteiger charge is 2.47. The summed E-state index contributed by atoms with van der Waals surface area (Å²) in [5.74, 6) is -0.627. The number of rotatable bonds is 4. The Hall–Kier alpha value is -1.56. The molecule has 0 amide bonds. The molecule has 124 valence electrons. The highest BCUT2D eigenvalue weighted by atomic mass is 35.5. The van der Waals surface area contributed by atoms with Crippen LogP contribution >= 0.6 is 11.6 Å². The molecule has 1 aromatic carbocycles. The number of ether oxygens (including phenoxy) is 4. The normalized spacial score (nSPS) is 26.5. The molecule has 2 heterocycles. The van der Waals surface area contributed by atoms with E-state index in [9.17, 15) is 4.79 Å². The smallest absolute Gasteiger partial charge is 0.343 e. The van der Waals surface area contributed by atoms with Gasteiger partial charge in [0.2, 0.25) is 0 Å². The van der Waals surface area contributed by atoms with Gasteiger partial charge in [0, 0.05) is 5.02 Å². The van der Waals surface area contributed by atoms with E-state index in [0.29, 0.717) is 35.1 Å². The summed E-state index contributed by atoms with van der Waals surface area (Å²) >= 11 is 5.92. The van der Waals surface area contributed by atoms with Crippen LogP contribution in [0.3, 0.4) is 0 Å². The van der Waals surface area contributed by atoms with Crippen LogP contribution in [0.1, 0.15) is 26.3 Å². The quantitative estimate of drug-likeness (QED) is 0.789. The highest BCUT2D eigenvalue weighted by molar-refractivity contribution is 6.30. The molecule has 2 unspecified atom stereocenters. The first-order valence-corrected chi connectivity index (χ1v) is 7.95. The van der Waals surface area contributed by atoms with Gasteiger partial charge in [-0.25, -0.2) is 4.79 Å². The van der Waals surface area contributed by atoms with Crippen molar-refractivity contribution in [2.24, 2.45) is 0 Å². The third kappa shape index (κ3) is 3.22. The summed E-state index contributed by atoms with van der Waals surface area (Å²) in [5, 5.41) is 0.601. The van der Waals surface area contributed by atoms with Crippen LogP contribution in [-0.4, -0.2) is 37.2 Å². The van der Waals surface area contributed by atoms with Crippen LogP contribution in [0.15, 0.2) is 30.0 Å². The minimum absolute atomic E-state index is 0.343. The van der Waals surface area contributed by atoms with Gasteiger partial charge in [-0.05, 0) is 38.5 Å². The van der Waals surface area contributed by atoms with E-state index in [4.69, 9.17) is 30.5 Å². The van der Waals surface area contributed by atoms with E-state index in [1.807, 2.05) is 20.8 Å². The fourth-order valence-corrected chi connectivity index (χ4v) is 2.89. The number of halogens is 1. The Morgan fingerprint density at radius 2 is 2.00 bits per heavy atom. The molecule has 2 aliphatic heterocycles. The predicted octanol–water partition coefficient (Wildman–Crippen LogP) is 3.16. The van der Waals surface area contributed by atoms with E-state index in [1.165, 1.54) is 0 Å². The van der Waals surface area contributed by atoms with Crippen LogP contribution in [0.2, 0.25) is 5.02 Å². The SMILES string of the molecule is CCOC1=C(c2ccc(Cl)cc2)C(=O)OC1C1COC(C)(C)O1. The number of hydrogen-bond donors (Lipinski definition) is 0. The van der Waals surface area contributed by atoms with Crippen LogP contribution in [0.4, 0.5) is 0 Å². The summed E-state index contributed by atoms with van der Waals surface area (Å²) in [6.07, 6.45) is -0.991. The molecule has 5 nitrogen and oxygen atoms in total. The molecule has 1 aromatic rings. The second kappa shape index (κ2) is 6.15. The number of esters is 1. The van der Waals surface area contributed by atoms with Crippen LogP contribution in [-0.2, 0) is 23.7 Å². The molecule has 2 aliphatic rings. The van der Waals surface area contributed by atoms with Crippen LogP contribution < -0.4 is 0 Å². The molecule has 0 spiro atoms. The lowest BCUT2D eigenvalue weighted by atomic mass is 10.0. The van der Waals surface area contributed by atoms with Crippen LogP contribution in [0.25, 0.3) is 5.57 Å². The summed E-state index contributed by atoms with van der Waals surface area (Å²) in [7, 11) is 0. The Kier molecular flexibility index (Phi) is 4.36. The largest absolute Gasteiger partial charge is 0.493 e. The van der Waals surface area contributed by atoms with Crippen molar-refractivity contribution in [1.82, 2.24) is 0 Å². The molecule has 0 aromatic heterocycles. The minimum Gasteiger partial charge on any atom is -0.493 e. The zero-order valence-electron chi connectivity index (χ0n) is 13.3. The Labute approximate surface area is 140 Å². The van der Waals surface area contributed by atoms with Crippen molar-refractivity contribution >= 4 is 23.1 Å². The standard InChI is InChI=1S/C17H19ClO5/c1-4-20-15-13(10-5-7-11(18)8-6-10)16(19)22-14(15)12-9-21-17(2,3)23-12/h5-8,12,14H,4,9H2,1-3H3. The highest BCUT2D eigenvalue weighted by Crippen LogP contribution is 2.37. The van der Waals surface area contributed by atoms with Gasteiger partial charge in [-0.2, -0.15) is 0 Å². The molecule has 1 saturated heterocycles. The molecule has 0 saturated carbocycles. The summed E-state index contributed by atoms with van der Waals surface area (Å²) in [6.45, 7) is 6.29. The van der Waals surface area contributed by atoms with E-state index in [1.54, 1.807) is 24.3 Å². The number of carbonyl (C=O) groups excluding carboxylic acids is 1.